The summed E-state index contributed by atoms with van der Waals surface area (Å²) in [5, 5.41) is 8.88. The quantitative estimate of drug-likeness (QED) is 0.750. The average molecular weight is 211 g/mol. The number of rotatable bonds is 2. The highest BCUT2D eigenvalue weighted by molar-refractivity contribution is 4.83. The first-order chi connectivity index (χ1) is 6.30. The molecule has 1 heterocycles. The Morgan fingerprint density at radius 1 is 1.43 bits per heavy atom. The molecule has 0 amide bonds. The van der Waals surface area contributed by atoms with Gasteiger partial charge in [-0.05, 0) is 19.3 Å². The molecule has 1 fully saturated rings. The molecule has 0 aromatic heterocycles. The summed E-state index contributed by atoms with van der Waals surface area (Å²) in [5.74, 6) is 0.422. The number of alkyl halides is 3. The first-order valence-electron chi connectivity index (χ1n) is 4.79. The number of likely N-dealkylation sites (tertiary alicyclic amines) is 1. The summed E-state index contributed by atoms with van der Waals surface area (Å²) in [4.78, 5) is 1.70. The molecule has 3 atom stereocenters. The van der Waals surface area contributed by atoms with E-state index >= 15 is 0 Å². The Kier molecular flexibility index (Phi) is 3.42. The molecule has 14 heavy (non-hydrogen) atoms. The Balaban J connectivity index is 2.45. The molecule has 0 aliphatic carbocycles. The van der Waals surface area contributed by atoms with Crippen molar-refractivity contribution < 1.29 is 18.3 Å². The molecular formula is C9H16F3NO. The number of aliphatic hydroxyl groups is 1. The fourth-order valence-electron chi connectivity index (χ4n) is 1.97. The van der Waals surface area contributed by atoms with Gasteiger partial charge in [-0.15, -0.1) is 0 Å². The highest BCUT2D eigenvalue weighted by atomic mass is 19.4. The Morgan fingerprint density at radius 2 is 2.00 bits per heavy atom. The second-order valence-corrected chi connectivity index (χ2v) is 4.20. The third kappa shape index (κ3) is 2.85. The van der Waals surface area contributed by atoms with Gasteiger partial charge in [-0.3, -0.25) is 4.90 Å². The van der Waals surface area contributed by atoms with Gasteiger partial charge in [0.05, 0.1) is 0 Å². The van der Waals surface area contributed by atoms with Crippen molar-refractivity contribution in [2.45, 2.75) is 38.6 Å². The summed E-state index contributed by atoms with van der Waals surface area (Å²) in [5.41, 5.74) is 0. The van der Waals surface area contributed by atoms with Gasteiger partial charge in [0.2, 0.25) is 0 Å². The standard InChI is InChI=1S/C9H16F3NO/c1-6-3-7(2)13(4-6)5-8(14)9(10,11)12/h6-8,14H,3-5H2,1-2H3. The number of halogens is 3. The zero-order valence-corrected chi connectivity index (χ0v) is 8.38. The van der Waals surface area contributed by atoms with Gasteiger partial charge in [0.1, 0.15) is 0 Å². The van der Waals surface area contributed by atoms with Crippen LogP contribution in [0.25, 0.3) is 0 Å². The maximum atomic E-state index is 12.1. The zero-order chi connectivity index (χ0) is 10.9. The molecule has 0 saturated carbocycles. The first kappa shape index (κ1) is 11.8. The molecule has 84 valence electrons. The van der Waals surface area contributed by atoms with E-state index in [2.05, 4.69) is 0 Å². The summed E-state index contributed by atoms with van der Waals surface area (Å²) in [7, 11) is 0. The van der Waals surface area contributed by atoms with Crippen LogP contribution in [0.1, 0.15) is 20.3 Å². The van der Waals surface area contributed by atoms with E-state index in [0.717, 1.165) is 6.42 Å². The second-order valence-electron chi connectivity index (χ2n) is 4.20. The molecule has 0 aromatic rings. The van der Waals surface area contributed by atoms with Gasteiger partial charge in [-0.2, -0.15) is 13.2 Å². The Labute approximate surface area is 81.7 Å². The van der Waals surface area contributed by atoms with Crippen LogP contribution in [0.4, 0.5) is 13.2 Å². The van der Waals surface area contributed by atoms with E-state index in [0.29, 0.717) is 12.5 Å². The van der Waals surface area contributed by atoms with Crippen LogP contribution in [-0.2, 0) is 0 Å². The van der Waals surface area contributed by atoms with Crippen LogP contribution in [0.15, 0.2) is 0 Å². The number of hydrogen-bond acceptors (Lipinski definition) is 2. The van der Waals surface area contributed by atoms with Gasteiger partial charge in [-0.1, -0.05) is 6.92 Å². The number of aliphatic hydroxyl groups excluding tert-OH is 1. The third-order valence-corrected chi connectivity index (χ3v) is 2.70. The SMILES string of the molecule is CC1CC(C)N(CC(O)C(F)(F)F)C1. The summed E-state index contributed by atoms with van der Waals surface area (Å²) in [6.45, 7) is 4.26. The molecule has 2 nitrogen and oxygen atoms in total. The Morgan fingerprint density at radius 3 is 2.36 bits per heavy atom. The van der Waals surface area contributed by atoms with Gasteiger partial charge in [0.25, 0.3) is 0 Å². The third-order valence-electron chi connectivity index (χ3n) is 2.70. The number of hydrogen-bond donors (Lipinski definition) is 1. The lowest BCUT2D eigenvalue weighted by atomic mass is 10.1. The van der Waals surface area contributed by atoms with Crippen molar-refractivity contribution in [1.29, 1.82) is 0 Å². The molecule has 1 rings (SSSR count). The highest BCUT2D eigenvalue weighted by Crippen LogP contribution is 2.26. The van der Waals surface area contributed by atoms with E-state index in [-0.39, 0.29) is 12.6 Å². The van der Waals surface area contributed by atoms with Gasteiger partial charge < -0.3 is 5.11 Å². The van der Waals surface area contributed by atoms with Crippen LogP contribution < -0.4 is 0 Å². The van der Waals surface area contributed by atoms with Gasteiger partial charge in [-0.25, -0.2) is 0 Å². The molecule has 0 aromatic carbocycles. The van der Waals surface area contributed by atoms with Gasteiger partial charge in [0, 0.05) is 19.1 Å². The van der Waals surface area contributed by atoms with Crippen molar-refractivity contribution in [3.63, 3.8) is 0 Å². The molecule has 1 aliphatic heterocycles. The van der Waals surface area contributed by atoms with Crippen molar-refractivity contribution in [2.75, 3.05) is 13.1 Å². The summed E-state index contributed by atoms with van der Waals surface area (Å²) >= 11 is 0. The van der Waals surface area contributed by atoms with E-state index in [1.807, 2.05) is 13.8 Å². The highest BCUT2D eigenvalue weighted by Gasteiger charge is 2.41. The van der Waals surface area contributed by atoms with Crippen molar-refractivity contribution in [1.82, 2.24) is 4.90 Å². The molecule has 1 aliphatic rings. The van der Waals surface area contributed by atoms with Crippen molar-refractivity contribution in [3.8, 4) is 0 Å². The minimum absolute atomic E-state index is 0.141. The molecule has 5 heteroatoms. The summed E-state index contributed by atoms with van der Waals surface area (Å²) in [6, 6.07) is 0.141. The Bertz CT molecular complexity index is 195. The summed E-state index contributed by atoms with van der Waals surface area (Å²) in [6.07, 6.45) is -5.80. The maximum absolute atomic E-state index is 12.1. The smallest absolute Gasteiger partial charge is 0.382 e. The molecule has 0 radical (unpaired) electrons. The van der Waals surface area contributed by atoms with Gasteiger partial charge in [0.15, 0.2) is 6.10 Å². The largest absolute Gasteiger partial charge is 0.415 e. The van der Waals surface area contributed by atoms with Crippen LogP contribution in [0.2, 0.25) is 0 Å². The molecule has 3 unspecified atom stereocenters. The van der Waals surface area contributed by atoms with Gasteiger partial charge >= 0.3 is 6.18 Å². The second kappa shape index (κ2) is 4.06. The minimum atomic E-state index is -4.49. The van der Waals surface area contributed by atoms with E-state index in [1.165, 1.54) is 0 Å². The lowest BCUT2D eigenvalue weighted by Crippen LogP contribution is -2.42. The molecule has 0 bridgehead atoms. The minimum Gasteiger partial charge on any atom is -0.382 e. The van der Waals surface area contributed by atoms with Crippen LogP contribution in [-0.4, -0.2) is 41.4 Å². The lowest BCUT2D eigenvalue weighted by molar-refractivity contribution is -0.208. The fourth-order valence-corrected chi connectivity index (χ4v) is 1.97. The van der Waals surface area contributed by atoms with Crippen LogP contribution in [0.3, 0.4) is 0 Å². The lowest BCUT2D eigenvalue weighted by Gasteiger charge is -2.25. The van der Waals surface area contributed by atoms with Crippen molar-refractivity contribution in [3.05, 3.63) is 0 Å². The summed E-state index contributed by atoms with van der Waals surface area (Å²) < 4.78 is 36.2. The first-order valence-corrected chi connectivity index (χ1v) is 4.79. The fraction of sp³-hybridized carbons (Fsp3) is 1.00. The number of nitrogens with zero attached hydrogens (tertiary/aromatic N) is 1. The zero-order valence-electron chi connectivity index (χ0n) is 8.38. The van der Waals surface area contributed by atoms with E-state index < -0.39 is 12.3 Å². The average Bonchev–Trinajstić information content (AvgIpc) is 2.28. The van der Waals surface area contributed by atoms with E-state index in [9.17, 15) is 13.2 Å². The van der Waals surface area contributed by atoms with Crippen molar-refractivity contribution >= 4 is 0 Å². The number of β-amino-alcohol motifs (C(OH)–C–C–N with tert-alkyl or cyclic N) is 1. The predicted octanol–water partition coefficient (Wildman–Crippen LogP) is 1.64. The normalized spacial score (nSPS) is 32.1. The molecule has 1 saturated heterocycles. The van der Waals surface area contributed by atoms with E-state index in [1.54, 1.807) is 4.90 Å². The van der Waals surface area contributed by atoms with Crippen LogP contribution in [0, 0.1) is 5.92 Å². The maximum Gasteiger partial charge on any atom is 0.415 e. The van der Waals surface area contributed by atoms with Crippen molar-refractivity contribution in [2.24, 2.45) is 5.92 Å². The van der Waals surface area contributed by atoms with E-state index in [4.69, 9.17) is 5.11 Å². The topological polar surface area (TPSA) is 23.5 Å². The van der Waals surface area contributed by atoms with Crippen LogP contribution >= 0.6 is 0 Å². The monoisotopic (exact) mass is 211 g/mol. The molecule has 1 N–H and O–H groups in total. The van der Waals surface area contributed by atoms with Crippen LogP contribution in [0.5, 0.6) is 0 Å². The molecular weight excluding hydrogens is 195 g/mol. The predicted molar refractivity (Wildman–Crippen MR) is 46.9 cm³/mol. The molecule has 0 spiro atoms. The Hall–Kier alpha value is -0.290.